The van der Waals surface area contributed by atoms with Crippen molar-refractivity contribution in [2.45, 2.75) is 44.2 Å². The van der Waals surface area contributed by atoms with Crippen LogP contribution in [0.4, 0.5) is 0 Å². The van der Waals surface area contributed by atoms with Crippen LogP contribution in [-0.4, -0.2) is 29.0 Å². The van der Waals surface area contributed by atoms with E-state index in [1.54, 1.807) is 11.3 Å². The lowest BCUT2D eigenvalue weighted by Gasteiger charge is -2.33. The summed E-state index contributed by atoms with van der Waals surface area (Å²) in [7, 11) is 0. The molecule has 2 N–H and O–H groups in total. The Balaban J connectivity index is 1.88. The molecule has 1 aromatic rings. The molecule has 1 saturated carbocycles. The van der Waals surface area contributed by atoms with Crippen LogP contribution in [0.15, 0.2) is 11.6 Å². The van der Waals surface area contributed by atoms with Gasteiger partial charge in [0.05, 0.1) is 6.04 Å². The predicted molar refractivity (Wildman–Crippen MR) is 71.0 cm³/mol. The Morgan fingerprint density at radius 1 is 1.35 bits per heavy atom. The summed E-state index contributed by atoms with van der Waals surface area (Å²) in [5, 5.41) is 3.38. The smallest absolute Gasteiger partial charge is 0.110 e. The van der Waals surface area contributed by atoms with Gasteiger partial charge in [0.2, 0.25) is 0 Å². The molecule has 2 unspecified atom stereocenters. The van der Waals surface area contributed by atoms with Crippen LogP contribution < -0.4 is 5.73 Å². The lowest BCUT2D eigenvalue weighted by atomic mass is 9.95. The van der Waals surface area contributed by atoms with E-state index in [0.717, 1.165) is 12.6 Å². The quantitative estimate of drug-likeness (QED) is 0.897. The van der Waals surface area contributed by atoms with Gasteiger partial charge >= 0.3 is 0 Å². The summed E-state index contributed by atoms with van der Waals surface area (Å²) in [6, 6.07) is 1.31. The average molecular weight is 251 g/mol. The first-order valence-corrected chi connectivity index (χ1v) is 7.63. The van der Waals surface area contributed by atoms with Crippen molar-refractivity contribution in [3.05, 3.63) is 16.6 Å². The van der Waals surface area contributed by atoms with Crippen molar-refractivity contribution in [2.75, 3.05) is 13.1 Å². The Hall–Kier alpha value is -0.450. The van der Waals surface area contributed by atoms with E-state index >= 15 is 0 Å². The van der Waals surface area contributed by atoms with Gasteiger partial charge in [-0.3, -0.25) is 4.90 Å². The minimum Gasteiger partial charge on any atom is -0.330 e. The number of aromatic nitrogens is 1. The second kappa shape index (κ2) is 5.04. The summed E-state index contributed by atoms with van der Waals surface area (Å²) in [5.41, 5.74) is 6.00. The molecule has 0 spiro atoms. The van der Waals surface area contributed by atoms with E-state index in [4.69, 9.17) is 5.73 Å². The van der Waals surface area contributed by atoms with Crippen LogP contribution in [0, 0.1) is 5.92 Å². The number of likely N-dealkylation sites (tertiary alicyclic amines) is 1. The fraction of sp³-hybridized carbons (Fsp3) is 0.769. The van der Waals surface area contributed by atoms with Gasteiger partial charge in [-0.1, -0.05) is 6.42 Å². The molecule has 2 atom stereocenters. The number of nitrogens with two attached hydrogens (primary N) is 1. The van der Waals surface area contributed by atoms with Crippen molar-refractivity contribution in [1.82, 2.24) is 9.88 Å². The van der Waals surface area contributed by atoms with Crippen molar-refractivity contribution in [1.29, 1.82) is 0 Å². The molecule has 1 aliphatic heterocycles. The summed E-state index contributed by atoms with van der Waals surface area (Å²) in [6.07, 6.45) is 8.60. The number of hydrogen-bond donors (Lipinski definition) is 1. The molecule has 4 heteroatoms. The molecule has 2 fully saturated rings. The molecular formula is C13H21N3S. The van der Waals surface area contributed by atoms with E-state index in [0.29, 0.717) is 12.0 Å². The normalized spacial score (nSPS) is 31.4. The third-order valence-electron chi connectivity index (χ3n) is 4.07. The van der Waals surface area contributed by atoms with Crippen LogP contribution in [-0.2, 0) is 0 Å². The summed E-state index contributed by atoms with van der Waals surface area (Å²) >= 11 is 1.80. The lowest BCUT2D eigenvalue weighted by molar-refractivity contribution is 0.149. The Morgan fingerprint density at radius 2 is 2.24 bits per heavy atom. The van der Waals surface area contributed by atoms with Gasteiger partial charge in [0.15, 0.2) is 0 Å². The fourth-order valence-corrected chi connectivity index (χ4v) is 3.91. The van der Waals surface area contributed by atoms with E-state index < -0.39 is 0 Å². The van der Waals surface area contributed by atoms with Gasteiger partial charge in [-0.05, 0) is 44.7 Å². The molecule has 2 aliphatic rings. The first-order chi connectivity index (χ1) is 8.40. The second-order valence-corrected chi connectivity index (χ2v) is 6.20. The van der Waals surface area contributed by atoms with Gasteiger partial charge < -0.3 is 5.73 Å². The average Bonchev–Trinajstić information content (AvgIpc) is 3.09. The van der Waals surface area contributed by atoms with Crippen molar-refractivity contribution >= 4 is 11.3 Å². The topological polar surface area (TPSA) is 42.1 Å². The third kappa shape index (κ3) is 2.39. The number of rotatable bonds is 3. The van der Waals surface area contributed by atoms with Gasteiger partial charge in [0.25, 0.3) is 0 Å². The van der Waals surface area contributed by atoms with Crippen LogP contribution >= 0.6 is 11.3 Å². The minimum absolute atomic E-state index is 0.495. The molecule has 3 nitrogen and oxygen atoms in total. The molecule has 17 heavy (non-hydrogen) atoms. The van der Waals surface area contributed by atoms with Gasteiger partial charge in [-0.25, -0.2) is 4.98 Å². The molecule has 0 radical (unpaired) electrons. The largest absolute Gasteiger partial charge is 0.330 e. The molecule has 3 rings (SSSR count). The molecule has 0 amide bonds. The monoisotopic (exact) mass is 251 g/mol. The summed E-state index contributed by atoms with van der Waals surface area (Å²) in [5.74, 6) is 0.601. The second-order valence-electron chi connectivity index (χ2n) is 5.28. The molecule has 0 aromatic carbocycles. The van der Waals surface area contributed by atoms with Gasteiger partial charge in [-0.15, -0.1) is 11.3 Å². The zero-order valence-corrected chi connectivity index (χ0v) is 11.0. The maximum Gasteiger partial charge on any atom is 0.110 e. The summed E-state index contributed by atoms with van der Waals surface area (Å²) in [4.78, 5) is 7.26. The van der Waals surface area contributed by atoms with Crippen molar-refractivity contribution < 1.29 is 0 Å². The molecular weight excluding hydrogens is 230 g/mol. The summed E-state index contributed by atoms with van der Waals surface area (Å²) < 4.78 is 0. The molecule has 1 saturated heterocycles. The Morgan fingerprint density at radius 3 is 2.88 bits per heavy atom. The standard InChI is InChI=1S/C13H21N3S/c14-9-10-3-1-2-7-16(11-4-5-11)12(10)13-15-6-8-17-13/h6,8,10-12H,1-5,7,9,14H2. The highest BCUT2D eigenvalue weighted by Crippen LogP contribution is 2.42. The minimum atomic E-state index is 0.495. The van der Waals surface area contributed by atoms with Crippen LogP contribution in [0.5, 0.6) is 0 Å². The Bertz CT molecular complexity index is 348. The molecule has 2 heterocycles. The van der Waals surface area contributed by atoms with Gasteiger partial charge in [0.1, 0.15) is 5.01 Å². The fourth-order valence-electron chi connectivity index (χ4n) is 3.06. The Kier molecular flexibility index (Phi) is 3.45. The predicted octanol–water partition coefficient (Wildman–Crippen LogP) is 2.41. The Labute approximate surface area is 107 Å². The SMILES string of the molecule is NCC1CCCCN(C2CC2)C1c1nccs1. The molecule has 1 aromatic heterocycles. The zero-order valence-electron chi connectivity index (χ0n) is 10.2. The van der Waals surface area contributed by atoms with Crippen LogP contribution in [0.25, 0.3) is 0 Å². The number of hydrogen-bond acceptors (Lipinski definition) is 4. The lowest BCUT2D eigenvalue weighted by Crippen LogP contribution is -2.37. The van der Waals surface area contributed by atoms with E-state index in [-0.39, 0.29) is 0 Å². The number of nitrogens with zero attached hydrogens (tertiary/aromatic N) is 2. The van der Waals surface area contributed by atoms with E-state index in [9.17, 15) is 0 Å². The zero-order chi connectivity index (χ0) is 11.7. The van der Waals surface area contributed by atoms with Crippen molar-refractivity contribution in [3.8, 4) is 0 Å². The van der Waals surface area contributed by atoms with E-state index in [2.05, 4.69) is 15.3 Å². The van der Waals surface area contributed by atoms with Crippen LogP contribution in [0.3, 0.4) is 0 Å². The first-order valence-electron chi connectivity index (χ1n) is 6.75. The van der Waals surface area contributed by atoms with Crippen LogP contribution in [0.1, 0.15) is 43.2 Å². The van der Waals surface area contributed by atoms with Crippen molar-refractivity contribution in [3.63, 3.8) is 0 Å². The highest BCUT2D eigenvalue weighted by atomic mass is 32.1. The maximum atomic E-state index is 6.00. The number of thiazole rings is 1. The van der Waals surface area contributed by atoms with Crippen molar-refractivity contribution in [2.24, 2.45) is 11.7 Å². The molecule has 1 aliphatic carbocycles. The first kappa shape index (κ1) is 11.6. The molecule has 0 bridgehead atoms. The maximum absolute atomic E-state index is 6.00. The third-order valence-corrected chi connectivity index (χ3v) is 4.91. The van der Waals surface area contributed by atoms with E-state index in [1.807, 2.05) is 6.20 Å². The van der Waals surface area contributed by atoms with Gasteiger partial charge in [-0.2, -0.15) is 0 Å². The molecule has 94 valence electrons. The van der Waals surface area contributed by atoms with E-state index in [1.165, 1.54) is 43.7 Å². The van der Waals surface area contributed by atoms with Gasteiger partial charge in [0, 0.05) is 17.6 Å². The summed E-state index contributed by atoms with van der Waals surface area (Å²) in [6.45, 7) is 2.04. The van der Waals surface area contributed by atoms with Crippen LogP contribution in [0.2, 0.25) is 0 Å². The highest BCUT2D eigenvalue weighted by molar-refractivity contribution is 7.09. The highest BCUT2D eigenvalue weighted by Gasteiger charge is 2.39.